The molecule has 0 atom stereocenters. The molecule has 0 aromatic carbocycles. The summed E-state index contributed by atoms with van der Waals surface area (Å²) in [6.07, 6.45) is 3.61. The van der Waals surface area contributed by atoms with Crippen LogP contribution in [0.1, 0.15) is 25.7 Å². The lowest BCUT2D eigenvalue weighted by molar-refractivity contribution is -0.118. The summed E-state index contributed by atoms with van der Waals surface area (Å²) in [6.45, 7) is 0. The van der Waals surface area contributed by atoms with Crippen LogP contribution in [-0.2, 0) is 4.79 Å². The second-order valence-electron chi connectivity index (χ2n) is 3.10. The Morgan fingerprint density at radius 3 is 2.50 bits per heavy atom. The van der Waals surface area contributed by atoms with Gasteiger partial charge in [-0.15, -0.1) is 0 Å². The summed E-state index contributed by atoms with van der Waals surface area (Å²) >= 11 is 0. The number of primary amides is 1. The fourth-order valence-electron chi connectivity index (χ4n) is 1.37. The molecule has 0 radical (unpaired) electrons. The third-order valence-corrected chi connectivity index (χ3v) is 2.07. The van der Waals surface area contributed by atoms with E-state index in [1.807, 2.05) is 0 Å². The van der Waals surface area contributed by atoms with Crippen LogP contribution >= 0.6 is 0 Å². The van der Waals surface area contributed by atoms with E-state index in [2.05, 4.69) is 0 Å². The zero-order valence-corrected chi connectivity index (χ0v) is 6.05. The lowest BCUT2D eigenvalue weighted by Gasteiger charge is -2.31. The van der Waals surface area contributed by atoms with Crippen LogP contribution < -0.4 is 11.5 Å². The van der Waals surface area contributed by atoms with Gasteiger partial charge >= 0.3 is 0 Å². The summed E-state index contributed by atoms with van der Waals surface area (Å²) in [4.78, 5) is 10.3. The van der Waals surface area contributed by atoms with Crippen LogP contribution in [0.3, 0.4) is 0 Å². The number of rotatable bonds is 3. The second kappa shape index (κ2) is 3.01. The van der Waals surface area contributed by atoms with Gasteiger partial charge < -0.3 is 11.5 Å². The highest BCUT2D eigenvalue weighted by Gasteiger charge is 2.25. The number of amides is 1. The van der Waals surface area contributed by atoms with Gasteiger partial charge in [0, 0.05) is 12.5 Å². The summed E-state index contributed by atoms with van der Waals surface area (Å²) in [5, 5.41) is 0. The fraction of sp³-hybridized carbons (Fsp3) is 0.857. The molecule has 0 spiro atoms. The molecule has 10 heavy (non-hydrogen) atoms. The summed E-state index contributed by atoms with van der Waals surface area (Å²) in [5.74, 6) is 0.475. The highest BCUT2D eigenvalue weighted by atomic mass is 16.1. The van der Waals surface area contributed by atoms with E-state index < -0.39 is 0 Å². The lowest BCUT2D eigenvalue weighted by Crippen LogP contribution is -2.36. The standard InChI is InChI=1S/C7H14N2O/c8-6-3-5(4-6)1-2-7(9)10/h5-6H,1-4,8H2,(H2,9,10). The first kappa shape index (κ1) is 7.54. The fourth-order valence-corrected chi connectivity index (χ4v) is 1.37. The Bertz CT molecular complexity index is 130. The molecule has 0 unspecified atom stereocenters. The molecule has 0 heterocycles. The normalized spacial score (nSPS) is 31.3. The topological polar surface area (TPSA) is 69.1 Å². The van der Waals surface area contributed by atoms with Crippen LogP contribution in [-0.4, -0.2) is 11.9 Å². The number of carbonyl (C=O) groups is 1. The quantitative estimate of drug-likeness (QED) is 0.582. The molecule has 1 saturated carbocycles. The van der Waals surface area contributed by atoms with E-state index in [9.17, 15) is 4.79 Å². The van der Waals surface area contributed by atoms with Gasteiger partial charge in [-0.05, 0) is 25.2 Å². The molecular formula is C7H14N2O. The third-order valence-electron chi connectivity index (χ3n) is 2.07. The molecule has 0 saturated heterocycles. The van der Waals surface area contributed by atoms with Gasteiger partial charge in [-0.3, -0.25) is 4.79 Å². The molecule has 1 fully saturated rings. The van der Waals surface area contributed by atoms with E-state index in [1.54, 1.807) is 0 Å². The first-order valence-corrected chi connectivity index (χ1v) is 3.72. The zero-order chi connectivity index (χ0) is 7.56. The minimum absolute atomic E-state index is 0.194. The molecule has 0 aromatic rings. The molecule has 4 N–H and O–H groups in total. The van der Waals surface area contributed by atoms with Gasteiger partial charge in [0.25, 0.3) is 0 Å². The van der Waals surface area contributed by atoms with E-state index in [1.165, 1.54) is 0 Å². The van der Waals surface area contributed by atoms with Crippen LogP contribution in [0.15, 0.2) is 0 Å². The molecule has 1 rings (SSSR count). The van der Waals surface area contributed by atoms with Crippen molar-refractivity contribution in [3.8, 4) is 0 Å². The largest absolute Gasteiger partial charge is 0.370 e. The van der Waals surface area contributed by atoms with Gasteiger partial charge in [-0.25, -0.2) is 0 Å². The predicted octanol–water partition coefficient (Wildman–Crippen LogP) is -0.0108. The molecule has 3 heteroatoms. The SMILES string of the molecule is NC(=O)CCC1CC(N)C1. The second-order valence-corrected chi connectivity index (χ2v) is 3.10. The van der Waals surface area contributed by atoms with E-state index in [-0.39, 0.29) is 5.91 Å². The first-order chi connectivity index (χ1) is 4.68. The Balaban J connectivity index is 2.00. The smallest absolute Gasteiger partial charge is 0.217 e. The number of hydrogen-bond donors (Lipinski definition) is 2. The van der Waals surface area contributed by atoms with E-state index in [0.29, 0.717) is 18.4 Å². The van der Waals surface area contributed by atoms with Gasteiger partial charge in [0.05, 0.1) is 0 Å². The summed E-state index contributed by atoms with van der Waals surface area (Å²) < 4.78 is 0. The highest BCUT2D eigenvalue weighted by molar-refractivity contribution is 5.73. The molecule has 1 aliphatic carbocycles. The van der Waals surface area contributed by atoms with Crippen molar-refractivity contribution in [1.29, 1.82) is 0 Å². The number of nitrogens with two attached hydrogens (primary N) is 2. The molecule has 0 aliphatic heterocycles. The van der Waals surface area contributed by atoms with Crippen molar-refractivity contribution in [2.75, 3.05) is 0 Å². The Morgan fingerprint density at radius 2 is 2.10 bits per heavy atom. The molecular weight excluding hydrogens is 128 g/mol. The van der Waals surface area contributed by atoms with Gasteiger partial charge in [-0.2, -0.15) is 0 Å². The maximum absolute atomic E-state index is 10.3. The first-order valence-electron chi connectivity index (χ1n) is 3.72. The Kier molecular flexibility index (Phi) is 2.27. The predicted molar refractivity (Wildman–Crippen MR) is 39.1 cm³/mol. The Hall–Kier alpha value is -0.570. The van der Waals surface area contributed by atoms with Crippen LogP contribution in [0.5, 0.6) is 0 Å². The maximum Gasteiger partial charge on any atom is 0.217 e. The molecule has 1 amide bonds. The molecule has 0 bridgehead atoms. The summed E-state index contributed by atoms with van der Waals surface area (Å²) in [5.41, 5.74) is 10.5. The number of hydrogen-bond acceptors (Lipinski definition) is 2. The van der Waals surface area contributed by atoms with Gasteiger partial charge in [-0.1, -0.05) is 0 Å². The minimum atomic E-state index is -0.194. The van der Waals surface area contributed by atoms with Crippen molar-refractivity contribution in [3.63, 3.8) is 0 Å². The third kappa shape index (κ3) is 1.99. The summed E-state index contributed by atoms with van der Waals surface area (Å²) in [6, 6.07) is 0.387. The van der Waals surface area contributed by atoms with Gasteiger partial charge in [0.2, 0.25) is 5.91 Å². The molecule has 0 aromatic heterocycles. The number of carbonyl (C=O) groups excluding carboxylic acids is 1. The molecule has 1 aliphatic rings. The molecule has 3 nitrogen and oxygen atoms in total. The maximum atomic E-state index is 10.3. The van der Waals surface area contributed by atoms with Gasteiger partial charge in [0.1, 0.15) is 0 Å². The van der Waals surface area contributed by atoms with Crippen molar-refractivity contribution in [3.05, 3.63) is 0 Å². The Labute approximate surface area is 60.8 Å². The van der Waals surface area contributed by atoms with Crippen LogP contribution in [0.2, 0.25) is 0 Å². The van der Waals surface area contributed by atoms with Gasteiger partial charge in [0.15, 0.2) is 0 Å². The van der Waals surface area contributed by atoms with E-state index >= 15 is 0 Å². The van der Waals surface area contributed by atoms with Crippen LogP contribution in [0, 0.1) is 5.92 Å². The van der Waals surface area contributed by atoms with E-state index in [4.69, 9.17) is 11.5 Å². The molecule has 58 valence electrons. The van der Waals surface area contributed by atoms with Crippen molar-refractivity contribution in [2.24, 2.45) is 17.4 Å². The summed E-state index contributed by atoms with van der Waals surface area (Å²) in [7, 11) is 0. The van der Waals surface area contributed by atoms with Crippen molar-refractivity contribution < 1.29 is 4.79 Å². The average Bonchev–Trinajstić information content (AvgIpc) is 1.77. The Morgan fingerprint density at radius 1 is 1.50 bits per heavy atom. The average molecular weight is 142 g/mol. The highest BCUT2D eigenvalue weighted by Crippen LogP contribution is 2.29. The van der Waals surface area contributed by atoms with E-state index in [0.717, 1.165) is 19.3 Å². The van der Waals surface area contributed by atoms with Crippen molar-refractivity contribution in [2.45, 2.75) is 31.7 Å². The minimum Gasteiger partial charge on any atom is -0.370 e. The monoisotopic (exact) mass is 142 g/mol. The van der Waals surface area contributed by atoms with Crippen molar-refractivity contribution in [1.82, 2.24) is 0 Å². The van der Waals surface area contributed by atoms with Crippen molar-refractivity contribution >= 4 is 5.91 Å². The lowest BCUT2D eigenvalue weighted by atomic mass is 9.78. The van der Waals surface area contributed by atoms with Crippen LogP contribution in [0.4, 0.5) is 0 Å². The van der Waals surface area contributed by atoms with Crippen LogP contribution in [0.25, 0.3) is 0 Å². The zero-order valence-electron chi connectivity index (χ0n) is 6.05.